The molecule has 0 bridgehead atoms. The Morgan fingerprint density at radius 1 is 1.19 bits per heavy atom. The fourth-order valence-electron chi connectivity index (χ4n) is 2.11. The third-order valence-electron chi connectivity index (χ3n) is 3.20. The second-order valence-corrected chi connectivity index (χ2v) is 5.73. The van der Waals surface area contributed by atoms with Crippen LogP contribution in [0.25, 0.3) is 10.2 Å². The van der Waals surface area contributed by atoms with Crippen LogP contribution < -0.4 is 4.80 Å². The molecule has 0 radical (unpaired) electrons. The highest BCUT2D eigenvalue weighted by molar-refractivity contribution is 7.16. The van der Waals surface area contributed by atoms with E-state index in [0.717, 1.165) is 15.8 Å². The number of halogens is 1. The topological polar surface area (TPSA) is 34.4 Å². The maximum atomic E-state index is 12.8. The molecule has 21 heavy (non-hydrogen) atoms. The van der Waals surface area contributed by atoms with Crippen LogP contribution in [0.2, 0.25) is 0 Å². The first kappa shape index (κ1) is 13.7. The fraction of sp³-hybridized carbons (Fsp3) is 0.125. The predicted octanol–water partition coefficient (Wildman–Crippen LogP) is 3.05. The van der Waals surface area contributed by atoms with E-state index >= 15 is 0 Å². The summed E-state index contributed by atoms with van der Waals surface area (Å²) in [5.74, 6) is -0.539. The van der Waals surface area contributed by atoms with Gasteiger partial charge < -0.3 is 4.57 Å². The summed E-state index contributed by atoms with van der Waals surface area (Å²) >= 11 is 1.48. The van der Waals surface area contributed by atoms with Crippen molar-refractivity contribution in [1.29, 1.82) is 0 Å². The molecule has 0 spiro atoms. The van der Waals surface area contributed by atoms with Crippen LogP contribution in [0.1, 0.15) is 5.56 Å². The lowest BCUT2D eigenvalue weighted by atomic mass is 10.1. The molecular formula is C16H13FN2OS. The number of thiazole rings is 1. The molecule has 0 aliphatic rings. The quantitative estimate of drug-likeness (QED) is 0.716. The molecular weight excluding hydrogens is 287 g/mol. The van der Waals surface area contributed by atoms with Crippen molar-refractivity contribution >= 4 is 27.5 Å². The van der Waals surface area contributed by atoms with Crippen LogP contribution in [0.15, 0.2) is 53.5 Å². The molecule has 2 aromatic carbocycles. The Labute approximate surface area is 125 Å². The van der Waals surface area contributed by atoms with Gasteiger partial charge in [0.2, 0.25) is 0 Å². The lowest BCUT2D eigenvalue weighted by molar-refractivity contribution is -0.117. The average molecular weight is 300 g/mol. The number of carbonyl (C=O) groups is 1. The number of benzene rings is 2. The van der Waals surface area contributed by atoms with Crippen molar-refractivity contribution in [1.82, 2.24) is 4.57 Å². The SMILES string of the molecule is Cn1c(=NC(=O)Cc2ccc(F)cc2)sc2ccccc21. The minimum Gasteiger partial charge on any atom is -0.319 e. The summed E-state index contributed by atoms with van der Waals surface area (Å²) in [6.07, 6.45) is 0.175. The first-order valence-electron chi connectivity index (χ1n) is 6.50. The predicted molar refractivity (Wildman–Crippen MR) is 81.5 cm³/mol. The second-order valence-electron chi connectivity index (χ2n) is 4.72. The first-order chi connectivity index (χ1) is 10.1. The molecule has 3 rings (SSSR count). The molecule has 0 fully saturated rings. The van der Waals surface area contributed by atoms with E-state index in [0.29, 0.717) is 4.80 Å². The Balaban J connectivity index is 1.90. The summed E-state index contributed by atoms with van der Waals surface area (Å²) in [6.45, 7) is 0. The Hall–Kier alpha value is -2.27. The minimum absolute atomic E-state index is 0.175. The van der Waals surface area contributed by atoms with Gasteiger partial charge in [0.1, 0.15) is 5.82 Å². The molecule has 0 unspecified atom stereocenters. The Morgan fingerprint density at radius 3 is 2.62 bits per heavy atom. The van der Waals surface area contributed by atoms with Crippen LogP contribution in [-0.4, -0.2) is 10.5 Å². The summed E-state index contributed by atoms with van der Waals surface area (Å²) in [5, 5.41) is 0. The molecule has 1 heterocycles. The highest BCUT2D eigenvalue weighted by Crippen LogP contribution is 2.15. The zero-order valence-electron chi connectivity index (χ0n) is 11.4. The zero-order chi connectivity index (χ0) is 14.8. The third kappa shape index (κ3) is 2.92. The highest BCUT2D eigenvalue weighted by Gasteiger charge is 2.05. The summed E-state index contributed by atoms with van der Waals surface area (Å²) in [5.41, 5.74) is 1.81. The Kier molecular flexibility index (Phi) is 3.66. The molecule has 0 atom stereocenters. The summed E-state index contributed by atoms with van der Waals surface area (Å²) < 4.78 is 15.8. The van der Waals surface area contributed by atoms with E-state index < -0.39 is 0 Å². The van der Waals surface area contributed by atoms with E-state index in [4.69, 9.17) is 0 Å². The van der Waals surface area contributed by atoms with Crippen LogP contribution in [0.4, 0.5) is 4.39 Å². The maximum Gasteiger partial charge on any atom is 0.252 e. The lowest BCUT2D eigenvalue weighted by Crippen LogP contribution is -2.14. The van der Waals surface area contributed by atoms with Crippen molar-refractivity contribution < 1.29 is 9.18 Å². The maximum absolute atomic E-state index is 12.8. The van der Waals surface area contributed by atoms with E-state index in [1.807, 2.05) is 35.9 Å². The number of hydrogen-bond acceptors (Lipinski definition) is 2. The lowest BCUT2D eigenvalue weighted by Gasteiger charge is -1.97. The first-order valence-corrected chi connectivity index (χ1v) is 7.32. The average Bonchev–Trinajstić information content (AvgIpc) is 2.78. The Morgan fingerprint density at radius 2 is 1.90 bits per heavy atom. The number of para-hydroxylation sites is 1. The summed E-state index contributed by atoms with van der Waals surface area (Å²) in [6, 6.07) is 13.8. The molecule has 3 aromatic rings. The molecule has 0 aliphatic heterocycles. The van der Waals surface area contributed by atoms with Gasteiger partial charge in [0.25, 0.3) is 5.91 Å². The van der Waals surface area contributed by atoms with Crippen LogP contribution in [0.5, 0.6) is 0 Å². The third-order valence-corrected chi connectivity index (χ3v) is 4.32. The van der Waals surface area contributed by atoms with Gasteiger partial charge in [-0.1, -0.05) is 35.6 Å². The van der Waals surface area contributed by atoms with Crippen molar-refractivity contribution in [3.05, 3.63) is 64.7 Å². The van der Waals surface area contributed by atoms with Crippen molar-refractivity contribution in [3.8, 4) is 0 Å². The van der Waals surface area contributed by atoms with E-state index in [2.05, 4.69) is 4.99 Å². The van der Waals surface area contributed by atoms with Crippen LogP contribution >= 0.6 is 11.3 Å². The summed E-state index contributed by atoms with van der Waals surface area (Å²) in [7, 11) is 1.89. The molecule has 0 saturated heterocycles. The molecule has 0 saturated carbocycles. The van der Waals surface area contributed by atoms with Crippen LogP contribution in [-0.2, 0) is 18.3 Å². The van der Waals surface area contributed by atoms with Gasteiger partial charge in [-0.2, -0.15) is 4.99 Å². The van der Waals surface area contributed by atoms with Gasteiger partial charge in [0.15, 0.2) is 4.80 Å². The van der Waals surface area contributed by atoms with Gasteiger partial charge in [-0.25, -0.2) is 4.39 Å². The molecule has 5 heteroatoms. The number of hydrogen-bond donors (Lipinski definition) is 0. The zero-order valence-corrected chi connectivity index (χ0v) is 12.2. The van der Waals surface area contributed by atoms with Crippen molar-refractivity contribution in [3.63, 3.8) is 0 Å². The molecule has 0 N–H and O–H groups in total. The molecule has 1 aromatic heterocycles. The number of carbonyl (C=O) groups excluding carboxylic acids is 1. The normalized spacial score (nSPS) is 12.0. The van der Waals surface area contributed by atoms with Gasteiger partial charge >= 0.3 is 0 Å². The van der Waals surface area contributed by atoms with Gasteiger partial charge in [0, 0.05) is 7.05 Å². The Bertz CT molecular complexity index is 862. The van der Waals surface area contributed by atoms with E-state index in [-0.39, 0.29) is 18.1 Å². The van der Waals surface area contributed by atoms with Crippen molar-refractivity contribution in [2.45, 2.75) is 6.42 Å². The minimum atomic E-state index is -0.306. The monoisotopic (exact) mass is 300 g/mol. The van der Waals surface area contributed by atoms with Crippen LogP contribution in [0, 0.1) is 5.82 Å². The smallest absolute Gasteiger partial charge is 0.252 e. The van der Waals surface area contributed by atoms with E-state index in [1.54, 1.807) is 12.1 Å². The highest BCUT2D eigenvalue weighted by atomic mass is 32.1. The van der Waals surface area contributed by atoms with E-state index in [1.165, 1.54) is 23.5 Å². The number of nitrogens with zero attached hydrogens (tertiary/aromatic N) is 2. The van der Waals surface area contributed by atoms with Gasteiger partial charge in [-0.05, 0) is 29.8 Å². The van der Waals surface area contributed by atoms with Gasteiger partial charge in [0.05, 0.1) is 16.6 Å². The number of amides is 1. The standard InChI is InChI=1S/C16H13FN2OS/c1-19-13-4-2-3-5-14(13)21-16(19)18-15(20)10-11-6-8-12(17)9-7-11/h2-9H,10H2,1H3. The van der Waals surface area contributed by atoms with Crippen molar-refractivity contribution in [2.24, 2.45) is 12.0 Å². The molecule has 3 nitrogen and oxygen atoms in total. The number of aromatic nitrogens is 1. The van der Waals surface area contributed by atoms with Gasteiger partial charge in [-0.15, -0.1) is 0 Å². The number of aryl methyl sites for hydroxylation is 1. The second kappa shape index (κ2) is 5.61. The van der Waals surface area contributed by atoms with Crippen molar-refractivity contribution in [2.75, 3.05) is 0 Å². The largest absolute Gasteiger partial charge is 0.319 e. The molecule has 1 amide bonds. The van der Waals surface area contributed by atoms with Gasteiger partial charge in [-0.3, -0.25) is 4.79 Å². The van der Waals surface area contributed by atoms with Crippen LogP contribution in [0.3, 0.4) is 0 Å². The van der Waals surface area contributed by atoms with E-state index in [9.17, 15) is 9.18 Å². The molecule has 0 aliphatic carbocycles. The number of fused-ring (bicyclic) bond motifs is 1. The summed E-state index contributed by atoms with van der Waals surface area (Å²) in [4.78, 5) is 16.9. The fourth-order valence-corrected chi connectivity index (χ4v) is 3.15. The number of rotatable bonds is 2. The molecule has 106 valence electrons.